The standard InChI is InChI=1S/C17H16F2S2/c18-16(19)9-10-17(20-11-4-12-21-17)15-8-3-6-13-5-1-2-7-14(13)15/h1-3,5-9H,4,10-12H2. The minimum absolute atomic E-state index is 0.289. The molecule has 0 aliphatic carbocycles. The highest BCUT2D eigenvalue weighted by Crippen LogP contribution is 2.54. The summed E-state index contributed by atoms with van der Waals surface area (Å²) in [5, 5.41) is 2.35. The van der Waals surface area contributed by atoms with Crippen molar-refractivity contribution in [3.8, 4) is 0 Å². The van der Waals surface area contributed by atoms with Crippen LogP contribution in [0.5, 0.6) is 0 Å². The van der Waals surface area contributed by atoms with Crippen molar-refractivity contribution in [3.63, 3.8) is 0 Å². The van der Waals surface area contributed by atoms with Crippen LogP contribution in [0, 0.1) is 0 Å². The molecule has 0 saturated carbocycles. The van der Waals surface area contributed by atoms with Crippen molar-refractivity contribution in [1.29, 1.82) is 0 Å². The zero-order chi connectivity index (χ0) is 14.7. The van der Waals surface area contributed by atoms with Crippen LogP contribution in [0.15, 0.2) is 54.6 Å². The van der Waals surface area contributed by atoms with Gasteiger partial charge in [0, 0.05) is 0 Å². The van der Waals surface area contributed by atoms with Crippen molar-refractivity contribution >= 4 is 34.3 Å². The Morgan fingerprint density at radius 3 is 2.52 bits per heavy atom. The lowest BCUT2D eigenvalue weighted by Gasteiger charge is -2.36. The third kappa shape index (κ3) is 3.11. The van der Waals surface area contributed by atoms with Crippen molar-refractivity contribution in [3.05, 3.63) is 60.2 Å². The van der Waals surface area contributed by atoms with Gasteiger partial charge < -0.3 is 0 Å². The minimum Gasteiger partial charge on any atom is -0.174 e. The maximum Gasteiger partial charge on any atom is 0.266 e. The molecule has 0 nitrogen and oxygen atoms in total. The van der Waals surface area contributed by atoms with Crippen LogP contribution in [0.25, 0.3) is 10.8 Å². The summed E-state index contributed by atoms with van der Waals surface area (Å²) < 4.78 is 25.0. The van der Waals surface area contributed by atoms with Crippen molar-refractivity contribution < 1.29 is 8.78 Å². The molecule has 3 rings (SSSR count). The van der Waals surface area contributed by atoms with Gasteiger partial charge in [-0.3, -0.25) is 0 Å². The molecule has 4 heteroatoms. The number of halogens is 2. The van der Waals surface area contributed by atoms with E-state index in [1.54, 1.807) is 23.5 Å². The summed E-state index contributed by atoms with van der Waals surface area (Å²) in [6.07, 6.45) is 1.01. The number of hydrogen-bond acceptors (Lipinski definition) is 2. The van der Waals surface area contributed by atoms with E-state index in [0.29, 0.717) is 6.42 Å². The second kappa shape index (κ2) is 6.41. The van der Waals surface area contributed by atoms with Crippen LogP contribution >= 0.6 is 23.5 Å². The summed E-state index contributed by atoms with van der Waals surface area (Å²) in [5.41, 5.74) is 1.17. The van der Waals surface area contributed by atoms with Gasteiger partial charge in [0.1, 0.15) is 0 Å². The predicted octanol–water partition coefficient (Wildman–Crippen LogP) is 6.03. The van der Waals surface area contributed by atoms with Crippen LogP contribution in [0.1, 0.15) is 18.4 Å². The molecule has 0 radical (unpaired) electrons. The molecule has 1 heterocycles. The first-order valence-electron chi connectivity index (χ1n) is 6.99. The van der Waals surface area contributed by atoms with Gasteiger partial charge in [-0.1, -0.05) is 42.5 Å². The molecule has 0 unspecified atom stereocenters. The van der Waals surface area contributed by atoms with Crippen molar-refractivity contribution in [2.75, 3.05) is 11.5 Å². The molecular formula is C17H16F2S2. The van der Waals surface area contributed by atoms with E-state index < -0.39 is 6.08 Å². The van der Waals surface area contributed by atoms with Gasteiger partial charge in [-0.2, -0.15) is 8.78 Å². The monoisotopic (exact) mass is 322 g/mol. The van der Waals surface area contributed by atoms with E-state index >= 15 is 0 Å². The second-order valence-corrected chi connectivity index (χ2v) is 8.07. The second-order valence-electron chi connectivity index (χ2n) is 5.03. The van der Waals surface area contributed by atoms with Crippen molar-refractivity contribution in [1.82, 2.24) is 0 Å². The van der Waals surface area contributed by atoms with Crippen molar-refractivity contribution in [2.24, 2.45) is 0 Å². The summed E-state index contributed by atoms with van der Waals surface area (Å²) in [5.74, 6) is 2.05. The molecule has 1 saturated heterocycles. The van der Waals surface area contributed by atoms with Gasteiger partial charge in [0.2, 0.25) is 0 Å². The molecule has 0 aromatic heterocycles. The quantitative estimate of drug-likeness (QED) is 0.676. The molecule has 1 aliphatic heterocycles. The fourth-order valence-corrected chi connectivity index (χ4v) is 6.05. The summed E-state index contributed by atoms with van der Waals surface area (Å²) in [4.78, 5) is 0. The zero-order valence-electron chi connectivity index (χ0n) is 11.5. The molecule has 1 fully saturated rings. The van der Waals surface area contributed by atoms with Gasteiger partial charge in [0.15, 0.2) is 0 Å². The lowest BCUT2D eigenvalue weighted by atomic mass is 10.00. The molecule has 2 aromatic carbocycles. The normalized spacial score (nSPS) is 17.6. The highest BCUT2D eigenvalue weighted by atomic mass is 32.2. The van der Waals surface area contributed by atoms with Gasteiger partial charge in [-0.05, 0) is 46.8 Å². The van der Waals surface area contributed by atoms with E-state index in [1.165, 1.54) is 16.3 Å². The first kappa shape index (κ1) is 14.9. The van der Waals surface area contributed by atoms with Crippen LogP contribution in [-0.4, -0.2) is 11.5 Å². The summed E-state index contributed by atoms with van der Waals surface area (Å²) in [6.45, 7) is 0. The van der Waals surface area contributed by atoms with E-state index in [-0.39, 0.29) is 4.08 Å². The number of hydrogen-bond donors (Lipinski definition) is 0. The van der Waals surface area contributed by atoms with E-state index in [4.69, 9.17) is 0 Å². The fraction of sp³-hybridized carbons (Fsp3) is 0.294. The fourth-order valence-electron chi connectivity index (χ4n) is 2.73. The Balaban J connectivity index is 2.12. The van der Waals surface area contributed by atoms with Gasteiger partial charge in [-0.15, -0.1) is 23.5 Å². The maximum absolute atomic E-state index is 12.6. The molecule has 110 valence electrons. The van der Waals surface area contributed by atoms with E-state index in [9.17, 15) is 8.78 Å². The molecule has 0 atom stereocenters. The Bertz CT molecular complexity index is 651. The molecular weight excluding hydrogens is 306 g/mol. The number of thioether (sulfide) groups is 2. The van der Waals surface area contributed by atoms with Gasteiger partial charge in [0.25, 0.3) is 6.08 Å². The number of fused-ring (bicyclic) bond motifs is 1. The average molecular weight is 322 g/mol. The lowest BCUT2D eigenvalue weighted by molar-refractivity contribution is 0.417. The Labute approximate surface area is 132 Å². The zero-order valence-corrected chi connectivity index (χ0v) is 13.2. The van der Waals surface area contributed by atoms with Crippen LogP contribution in [0.3, 0.4) is 0 Å². The Hall–Kier alpha value is -1.000. The Morgan fingerprint density at radius 2 is 1.76 bits per heavy atom. The smallest absolute Gasteiger partial charge is 0.174 e. The molecule has 2 aromatic rings. The third-order valence-electron chi connectivity index (χ3n) is 3.68. The maximum atomic E-state index is 12.6. The Kier molecular flexibility index (Phi) is 4.55. The minimum atomic E-state index is -1.58. The van der Waals surface area contributed by atoms with Gasteiger partial charge >= 0.3 is 0 Å². The number of benzene rings is 2. The Morgan fingerprint density at radius 1 is 1.05 bits per heavy atom. The predicted molar refractivity (Wildman–Crippen MR) is 90.1 cm³/mol. The SMILES string of the molecule is FC(F)=CCC1(c2cccc3ccccc23)SCCCS1. The average Bonchev–Trinajstić information content (AvgIpc) is 2.53. The van der Waals surface area contributed by atoms with Gasteiger partial charge in [0.05, 0.1) is 4.08 Å². The van der Waals surface area contributed by atoms with E-state index in [0.717, 1.165) is 24.0 Å². The summed E-state index contributed by atoms with van der Waals surface area (Å²) in [7, 11) is 0. The number of rotatable bonds is 3. The summed E-state index contributed by atoms with van der Waals surface area (Å²) >= 11 is 3.61. The van der Waals surface area contributed by atoms with Gasteiger partial charge in [-0.25, -0.2) is 0 Å². The highest BCUT2D eigenvalue weighted by molar-refractivity contribution is 8.18. The first-order chi connectivity index (χ1) is 10.2. The third-order valence-corrected chi connectivity index (χ3v) is 7.08. The molecule has 0 bridgehead atoms. The van der Waals surface area contributed by atoms with Crippen molar-refractivity contribution in [2.45, 2.75) is 16.9 Å². The van der Waals surface area contributed by atoms with Crippen LogP contribution in [0.2, 0.25) is 0 Å². The summed E-state index contributed by atoms with van der Waals surface area (Å²) in [6, 6.07) is 14.4. The molecule has 0 spiro atoms. The van der Waals surface area contributed by atoms with Crippen LogP contribution in [0.4, 0.5) is 8.78 Å². The van der Waals surface area contributed by atoms with Crippen LogP contribution in [-0.2, 0) is 4.08 Å². The topological polar surface area (TPSA) is 0 Å². The largest absolute Gasteiger partial charge is 0.266 e. The van der Waals surface area contributed by atoms with E-state index in [2.05, 4.69) is 24.3 Å². The molecule has 1 aliphatic rings. The first-order valence-corrected chi connectivity index (χ1v) is 8.96. The molecule has 21 heavy (non-hydrogen) atoms. The molecule has 0 N–H and O–H groups in total. The highest BCUT2D eigenvalue weighted by Gasteiger charge is 2.36. The van der Waals surface area contributed by atoms with E-state index in [1.807, 2.05) is 18.2 Å². The lowest BCUT2D eigenvalue weighted by Crippen LogP contribution is -2.22. The number of allylic oxidation sites excluding steroid dienone is 1. The molecule has 0 amide bonds. The van der Waals surface area contributed by atoms with Crippen LogP contribution < -0.4 is 0 Å².